The van der Waals surface area contributed by atoms with E-state index in [0.717, 1.165) is 39.1 Å². The third kappa shape index (κ3) is 3.55. The predicted molar refractivity (Wildman–Crippen MR) is 110 cm³/mol. The number of carbonyl (C=O) groups excluding carboxylic acids is 1. The van der Waals surface area contributed by atoms with Gasteiger partial charge in [0.15, 0.2) is 5.78 Å². The van der Waals surface area contributed by atoms with Crippen molar-refractivity contribution in [3.05, 3.63) is 77.9 Å². The molecule has 2 N–H and O–H groups in total. The summed E-state index contributed by atoms with van der Waals surface area (Å²) in [4.78, 5) is 11.5. The van der Waals surface area contributed by atoms with E-state index in [-0.39, 0.29) is 11.2 Å². The normalized spacial score (nSPS) is 11.4. The topological polar surface area (TPSA) is 43.1 Å². The largest absolute Gasteiger partial charge is 0.398 e. The second kappa shape index (κ2) is 6.80. The molecule has 0 bridgehead atoms. The highest BCUT2D eigenvalue weighted by Gasteiger charge is 2.21. The Kier molecular flexibility index (Phi) is 4.69. The quantitative estimate of drug-likeness (QED) is 0.461. The Hall–Kier alpha value is -2.87. The fourth-order valence-corrected chi connectivity index (χ4v) is 3.19. The molecule has 0 saturated heterocycles. The molecule has 132 valence electrons. The Morgan fingerprint density at radius 1 is 0.808 bits per heavy atom. The maximum absolute atomic E-state index is 11.5. The van der Waals surface area contributed by atoms with Crippen LogP contribution in [0, 0.1) is 0 Å². The summed E-state index contributed by atoms with van der Waals surface area (Å²) in [6, 6.07) is 22.3. The molecule has 0 aromatic heterocycles. The molecule has 0 aliphatic carbocycles. The van der Waals surface area contributed by atoms with Crippen molar-refractivity contribution in [3.63, 3.8) is 0 Å². The molecule has 3 aromatic rings. The summed E-state index contributed by atoms with van der Waals surface area (Å²) in [5.74, 6) is 0.0780. The number of Topliss-reactive ketones (excluding diaryl/α,β-unsaturated/α-hetero) is 1. The molecule has 0 amide bonds. The second-order valence-corrected chi connectivity index (χ2v) is 7.73. The van der Waals surface area contributed by atoms with E-state index in [1.165, 1.54) is 0 Å². The van der Waals surface area contributed by atoms with E-state index in [4.69, 9.17) is 5.73 Å². The summed E-state index contributed by atoms with van der Waals surface area (Å²) < 4.78 is 0. The standard InChI is InChI=1S/C24H25NO/c1-16(26)17-10-12-18(13-11-17)20-14-21(19-8-6-5-7-9-19)23(25)22(15-20)24(2,3)4/h5-15H,25H2,1-4H3. The van der Waals surface area contributed by atoms with E-state index >= 15 is 0 Å². The van der Waals surface area contributed by atoms with Crippen LogP contribution in [0.5, 0.6) is 0 Å². The Labute approximate surface area is 155 Å². The Morgan fingerprint density at radius 2 is 1.42 bits per heavy atom. The smallest absolute Gasteiger partial charge is 0.159 e. The first-order valence-electron chi connectivity index (χ1n) is 8.88. The number of carbonyl (C=O) groups is 1. The number of nitrogen functional groups attached to an aromatic ring is 1. The van der Waals surface area contributed by atoms with E-state index in [9.17, 15) is 4.79 Å². The summed E-state index contributed by atoms with van der Waals surface area (Å²) in [6.07, 6.45) is 0. The van der Waals surface area contributed by atoms with Gasteiger partial charge in [-0.05, 0) is 46.7 Å². The SMILES string of the molecule is CC(=O)c1ccc(-c2cc(-c3ccccc3)c(N)c(C(C)(C)C)c2)cc1. The van der Waals surface area contributed by atoms with Crippen LogP contribution in [0.3, 0.4) is 0 Å². The lowest BCUT2D eigenvalue weighted by Gasteiger charge is -2.24. The molecule has 3 rings (SSSR count). The van der Waals surface area contributed by atoms with Crippen molar-refractivity contribution >= 4 is 11.5 Å². The first-order valence-corrected chi connectivity index (χ1v) is 8.88. The minimum atomic E-state index is -0.0665. The summed E-state index contributed by atoms with van der Waals surface area (Å²) >= 11 is 0. The summed E-state index contributed by atoms with van der Waals surface area (Å²) in [6.45, 7) is 8.12. The van der Waals surface area contributed by atoms with Crippen LogP contribution in [-0.4, -0.2) is 5.78 Å². The molecule has 0 heterocycles. The molecule has 0 spiro atoms. The van der Waals surface area contributed by atoms with Crippen molar-refractivity contribution < 1.29 is 4.79 Å². The molecule has 26 heavy (non-hydrogen) atoms. The minimum Gasteiger partial charge on any atom is -0.398 e. The van der Waals surface area contributed by atoms with Gasteiger partial charge in [-0.2, -0.15) is 0 Å². The molecular formula is C24H25NO. The van der Waals surface area contributed by atoms with Gasteiger partial charge in [0, 0.05) is 16.8 Å². The van der Waals surface area contributed by atoms with Crippen molar-refractivity contribution in [1.82, 2.24) is 0 Å². The number of hydrogen-bond donors (Lipinski definition) is 1. The fourth-order valence-electron chi connectivity index (χ4n) is 3.19. The van der Waals surface area contributed by atoms with E-state index in [1.54, 1.807) is 6.92 Å². The van der Waals surface area contributed by atoms with Gasteiger partial charge < -0.3 is 5.73 Å². The number of hydrogen-bond acceptors (Lipinski definition) is 2. The van der Waals surface area contributed by atoms with Gasteiger partial charge in [0.1, 0.15) is 0 Å². The van der Waals surface area contributed by atoms with Gasteiger partial charge in [0.2, 0.25) is 0 Å². The van der Waals surface area contributed by atoms with E-state index in [2.05, 4.69) is 45.0 Å². The fraction of sp³-hybridized carbons (Fsp3) is 0.208. The zero-order valence-electron chi connectivity index (χ0n) is 15.8. The van der Waals surface area contributed by atoms with Crippen molar-refractivity contribution in [2.75, 3.05) is 5.73 Å². The third-order valence-electron chi connectivity index (χ3n) is 4.70. The molecule has 0 unspecified atom stereocenters. The lowest BCUT2D eigenvalue weighted by atomic mass is 9.81. The lowest BCUT2D eigenvalue weighted by molar-refractivity contribution is 0.101. The molecule has 0 atom stereocenters. The first-order chi connectivity index (χ1) is 12.3. The molecule has 0 fully saturated rings. The van der Waals surface area contributed by atoms with Crippen LogP contribution in [0.4, 0.5) is 5.69 Å². The highest BCUT2D eigenvalue weighted by molar-refractivity contribution is 5.94. The van der Waals surface area contributed by atoms with E-state index in [1.807, 2.05) is 42.5 Å². The van der Waals surface area contributed by atoms with Gasteiger partial charge in [-0.3, -0.25) is 4.79 Å². The summed E-state index contributed by atoms with van der Waals surface area (Å²) in [7, 11) is 0. The van der Waals surface area contributed by atoms with Crippen molar-refractivity contribution in [2.45, 2.75) is 33.1 Å². The number of ketones is 1. The molecule has 0 aliphatic heterocycles. The van der Waals surface area contributed by atoms with E-state index < -0.39 is 0 Å². The van der Waals surface area contributed by atoms with Crippen LogP contribution in [0.25, 0.3) is 22.3 Å². The molecule has 2 nitrogen and oxygen atoms in total. The minimum absolute atomic E-state index is 0.0665. The maximum Gasteiger partial charge on any atom is 0.159 e. The number of anilines is 1. The number of benzene rings is 3. The maximum atomic E-state index is 11.5. The van der Waals surface area contributed by atoms with Crippen LogP contribution in [0.1, 0.15) is 43.6 Å². The van der Waals surface area contributed by atoms with Crippen molar-refractivity contribution in [1.29, 1.82) is 0 Å². The molecule has 0 aliphatic rings. The van der Waals surface area contributed by atoms with Crippen LogP contribution >= 0.6 is 0 Å². The first kappa shape index (κ1) is 17.9. The molecule has 3 aromatic carbocycles. The second-order valence-electron chi connectivity index (χ2n) is 7.73. The van der Waals surface area contributed by atoms with Crippen molar-refractivity contribution in [2.24, 2.45) is 0 Å². The van der Waals surface area contributed by atoms with Gasteiger partial charge in [-0.1, -0.05) is 75.4 Å². The average Bonchev–Trinajstić information content (AvgIpc) is 2.62. The Bertz CT molecular complexity index is 932. The van der Waals surface area contributed by atoms with Gasteiger partial charge >= 0.3 is 0 Å². The average molecular weight is 343 g/mol. The van der Waals surface area contributed by atoms with Crippen LogP contribution in [-0.2, 0) is 5.41 Å². The van der Waals surface area contributed by atoms with Crippen molar-refractivity contribution in [3.8, 4) is 22.3 Å². The van der Waals surface area contributed by atoms with Crippen LogP contribution in [0.2, 0.25) is 0 Å². The highest BCUT2D eigenvalue weighted by atomic mass is 16.1. The number of rotatable bonds is 3. The highest BCUT2D eigenvalue weighted by Crippen LogP contribution is 2.39. The van der Waals surface area contributed by atoms with Gasteiger partial charge in [-0.15, -0.1) is 0 Å². The zero-order chi connectivity index (χ0) is 18.9. The van der Waals surface area contributed by atoms with Crippen LogP contribution in [0.15, 0.2) is 66.7 Å². The monoisotopic (exact) mass is 343 g/mol. The molecule has 2 heteroatoms. The molecule has 0 saturated carbocycles. The summed E-state index contributed by atoms with van der Waals surface area (Å²) in [5.41, 5.74) is 13.5. The lowest BCUT2D eigenvalue weighted by Crippen LogP contribution is -2.15. The number of nitrogens with two attached hydrogens (primary N) is 1. The summed E-state index contributed by atoms with van der Waals surface area (Å²) in [5, 5.41) is 0. The van der Waals surface area contributed by atoms with Gasteiger partial charge in [0.25, 0.3) is 0 Å². The van der Waals surface area contributed by atoms with Crippen LogP contribution < -0.4 is 5.73 Å². The Morgan fingerprint density at radius 3 is 1.96 bits per heavy atom. The molecule has 0 radical (unpaired) electrons. The molecular weight excluding hydrogens is 318 g/mol. The third-order valence-corrected chi connectivity index (χ3v) is 4.70. The van der Waals surface area contributed by atoms with E-state index in [0.29, 0.717) is 0 Å². The Balaban J connectivity index is 2.21. The van der Waals surface area contributed by atoms with Gasteiger partial charge in [0.05, 0.1) is 0 Å². The zero-order valence-corrected chi connectivity index (χ0v) is 15.8. The predicted octanol–water partition coefficient (Wildman–Crippen LogP) is 6.10. The van der Waals surface area contributed by atoms with Gasteiger partial charge in [-0.25, -0.2) is 0 Å².